The van der Waals surface area contributed by atoms with E-state index in [0.29, 0.717) is 0 Å². The topological polar surface area (TPSA) is 72.5 Å². The number of Topliss-reactive ketones (excluding diaryl/α,β-unsaturated/α-hetero) is 1. The smallest absolute Gasteiger partial charge is 0.313 e. The van der Waals surface area contributed by atoms with Gasteiger partial charge in [0.2, 0.25) is 5.91 Å². The van der Waals surface area contributed by atoms with Crippen molar-refractivity contribution < 1.29 is 19.1 Å². The van der Waals surface area contributed by atoms with Gasteiger partial charge in [-0.25, -0.2) is 0 Å². The van der Waals surface area contributed by atoms with Gasteiger partial charge in [0, 0.05) is 6.92 Å². The Morgan fingerprint density at radius 3 is 2.31 bits per heavy atom. The molecule has 0 aromatic heterocycles. The highest BCUT2D eigenvalue weighted by atomic mass is 16.5. The maximum absolute atomic E-state index is 11.0. The maximum Gasteiger partial charge on any atom is 0.313 e. The van der Waals surface area contributed by atoms with Crippen molar-refractivity contribution >= 4 is 17.7 Å². The summed E-state index contributed by atoms with van der Waals surface area (Å²) in [6.45, 7) is 4.54. The zero-order chi connectivity index (χ0) is 10.4. The number of methoxy groups -OCH3 is 1. The average molecular weight is 185 g/mol. The highest BCUT2D eigenvalue weighted by Gasteiger charge is 2.13. The summed E-state index contributed by atoms with van der Waals surface area (Å²) in [5.41, 5.74) is -0.0992. The first-order valence-corrected chi connectivity index (χ1v) is 3.54. The Kier molecular flexibility index (Phi) is 4.43. The zero-order valence-corrected chi connectivity index (χ0v) is 7.55. The van der Waals surface area contributed by atoms with Crippen LogP contribution in [0.25, 0.3) is 0 Å². The number of nitrogens with one attached hydrogen (secondary N) is 1. The minimum atomic E-state index is -0.656. The minimum absolute atomic E-state index is 0.0992. The Morgan fingerprint density at radius 2 is 1.92 bits per heavy atom. The molecule has 0 saturated carbocycles. The molecule has 0 atom stereocenters. The molecule has 72 valence electrons. The van der Waals surface area contributed by atoms with E-state index in [1.165, 1.54) is 14.0 Å². The predicted molar refractivity (Wildman–Crippen MR) is 44.6 cm³/mol. The maximum atomic E-state index is 11.0. The van der Waals surface area contributed by atoms with E-state index in [1.54, 1.807) is 0 Å². The van der Waals surface area contributed by atoms with Crippen LogP contribution in [-0.2, 0) is 19.1 Å². The van der Waals surface area contributed by atoms with Crippen molar-refractivity contribution in [1.29, 1.82) is 0 Å². The van der Waals surface area contributed by atoms with Crippen LogP contribution >= 0.6 is 0 Å². The lowest BCUT2D eigenvalue weighted by atomic mass is 10.2. The van der Waals surface area contributed by atoms with E-state index >= 15 is 0 Å². The molecule has 0 radical (unpaired) electrons. The largest absolute Gasteiger partial charge is 0.469 e. The number of hydrogen-bond acceptors (Lipinski definition) is 4. The SMILES string of the molecule is C=C(NC(C)=O)C(=O)CC(=O)OC. The van der Waals surface area contributed by atoms with Gasteiger partial charge in [-0.05, 0) is 0 Å². The lowest BCUT2D eigenvalue weighted by Gasteiger charge is -2.03. The standard InChI is InChI=1S/C8H11NO4/c1-5(9-6(2)10)7(11)4-8(12)13-3/h1,4H2,2-3H3,(H,9,10). The third-order valence-corrected chi connectivity index (χ3v) is 1.20. The molecule has 0 aromatic carbocycles. The van der Waals surface area contributed by atoms with E-state index < -0.39 is 24.1 Å². The molecule has 0 aromatic rings. The van der Waals surface area contributed by atoms with E-state index in [4.69, 9.17) is 0 Å². The lowest BCUT2D eigenvalue weighted by Crippen LogP contribution is -2.25. The summed E-state index contributed by atoms with van der Waals surface area (Å²) in [5.74, 6) is -1.61. The minimum Gasteiger partial charge on any atom is -0.469 e. The summed E-state index contributed by atoms with van der Waals surface area (Å²) in [5, 5.41) is 2.18. The van der Waals surface area contributed by atoms with Gasteiger partial charge < -0.3 is 10.1 Å². The molecule has 0 aliphatic rings. The quantitative estimate of drug-likeness (QED) is 0.373. The second kappa shape index (κ2) is 5.08. The van der Waals surface area contributed by atoms with Crippen molar-refractivity contribution in [1.82, 2.24) is 5.32 Å². The van der Waals surface area contributed by atoms with Crippen molar-refractivity contribution in [3.63, 3.8) is 0 Å². The number of carbonyl (C=O) groups excluding carboxylic acids is 3. The van der Waals surface area contributed by atoms with E-state index in [2.05, 4.69) is 16.6 Å². The number of amides is 1. The van der Waals surface area contributed by atoms with Crippen LogP contribution in [0.5, 0.6) is 0 Å². The molecule has 13 heavy (non-hydrogen) atoms. The molecule has 0 fully saturated rings. The Balaban J connectivity index is 4.04. The number of esters is 1. The average Bonchev–Trinajstić information content (AvgIpc) is 2.02. The Morgan fingerprint density at radius 1 is 1.38 bits per heavy atom. The number of ether oxygens (including phenoxy) is 1. The molecule has 0 unspecified atom stereocenters. The second-order valence-electron chi connectivity index (χ2n) is 2.34. The van der Waals surface area contributed by atoms with Gasteiger partial charge in [-0.15, -0.1) is 0 Å². The van der Waals surface area contributed by atoms with E-state index in [9.17, 15) is 14.4 Å². The monoisotopic (exact) mass is 185 g/mol. The summed E-state index contributed by atoms with van der Waals surface area (Å²) in [6, 6.07) is 0. The van der Waals surface area contributed by atoms with Crippen molar-refractivity contribution in [3.05, 3.63) is 12.3 Å². The van der Waals surface area contributed by atoms with E-state index in [0.717, 1.165) is 0 Å². The third-order valence-electron chi connectivity index (χ3n) is 1.20. The molecular formula is C8H11NO4. The third kappa shape index (κ3) is 4.73. The molecule has 0 bridgehead atoms. The van der Waals surface area contributed by atoms with Gasteiger partial charge in [-0.1, -0.05) is 6.58 Å². The van der Waals surface area contributed by atoms with Gasteiger partial charge >= 0.3 is 5.97 Å². The van der Waals surface area contributed by atoms with Crippen LogP contribution in [0.1, 0.15) is 13.3 Å². The van der Waals surface area contributed by atoms with Gasteiger partial charge in [-0.3, -0.25) is 14.4 Å². The number of allylic oxidation sites excluding steroid dienone is 1. The van der Waals surface area contributed by atoms with E-state index in [-0.39, 0.29) is 5.70 Å². The normalized spacial score (nSPS) is 8.77. The molecule has 1 N–H and O–H groups in total. The van der Waals surface area contributed by atoms with E-state index in [1.807, 2.05) is 0 Å². The number of rotatable bonds is 4. The second-order valence-corrected chi connectivity index (χ2v) is 2.34. The summed E-state index contributed by atoms with van der Waals surface area (Å²) >= 11 is 0. The molecule has 0 heterocycles. The fourth-order valence-corrected chi connectivity index (χ4v) is 0.592. The molecule has 0 spiro atoms. The summed E-state index contributed by atoms with van der Waals surface area (Å²) in [7, 11) is 1.18. The van der Waals surface area contributed by atoms with Crippen molar-refractivity contribution in [3.8, 4) is 0 Å². The molecular weight excluding hydrogens is 174 g/mol. The van der Waals surface area contributed by atoms with Crippen molar-refractivity contribution in [2.24, 2.45) is 0 Å². The Bertz CT molecular complexity index is 257. The number of carbonyl (C=O) groups is 3. The Labute approximate surface area is 75.8 Å². The predicted octanol–water partition coefficient (Wildman–Crippen LogP) is -0.232. The summed E-state index contributed by atoms with van der Waals surface area (Å²) < 4.78 is 4.26. The van der Waals surface area contributed by atoms with Gasteiger partial charge in [0.05, 0.1) is 12.8 Å². The van der Waals surface area contributed by atoms with Gasteiger partial charge in [0.15, 0.2) is 5.78 Å². The van der Waals surface area contributed by atoms with Crippen molar-refractivity contribution in [2.75, 3.05) is 7.11 Å². The van der Waals surface area contributed by atoms with Crippen LogP contribution in [0.15, 0.2) is 12.3 Å². The molecule has 1 amide bonds. The van der Waals surface area contributed by atoms with Gasteiger partial charge in [0.25, 0.3) is 0 Å². The number of ketones is 1. The van der Waals surface area contributed by atoms with Crippen LogP contribution in [-0.4, -0.2) is 24.8 Å². The molecule has 0 saturated heterocycles. The van der Waals surface area contributed by atoms with Crippen LogP contribution in [0.3, 0.4) is 0 Å². The first-order chi connectivity index (χ1) is 5.97. The van der Waals surface area contributed by atoms with Crippen molar-refractivity contribution in [2.45, 2.75) is 13.3 Å². The zero-order valence-electron chi connectivity index (χ0n) is 7.55. The lowest BCUT2D eigenvalue weighted by molar-refractivity contribution is -0.143. The highest BCUT2D eigenvalue weighted by Crippen LogP contribution is 1.94. The van der Waals surface area contributed by atoms with Crippen LogP contribution in [0.2, 0.25) is 0 Å². The molecule has 0 aliphatic heterocycles. The number of hydrogen-bond donors (Lipinski definition) is 1. The van der Waals surface area contributed by atoms with Crippen LogP contribution < -0.4 is 5.32 Å². The fraction of sp³-hybridized carbons (Fsp3) is 0.375. The molecule has 0 aliphatic carbocycles. The molecule has 5 nitrogen and oxygen atoms in total. The fourth-order valence-electron chi connectivity index (χ4n) is 0.592. The summed E-state index contributed by atoms with van der Waals surface area (Å²) in [4.78, 5) is 32.1. The van der Waals surface area contributed by atoms with Gasteiger partial charge in [0.1, 0.15) is 6.42 Å². The van der Waals surface area contributed by atoms with Gasteiger partial charge in [-0.2, -0.15) is 0 Å². The molecule has 5 heteroatoms. The Hall–Kier alpha value is -1.65. The first kappa shape index (κ1) is 11.4. The first-order valence-electron chi connectivity index (χ1n) is 3.54. The van der Waals surface area contributed by atoms with Crippen LogP contribution in [0, 0.1) is 0 Å². The summed E-state index contributed by atoms with van der Waals surface area (Å²) in [6.07, 6.45) is -0.407. The highest BCUT2D eigenvalue weighted by molar-refractivity contribution is 6.06. The van der Waals surface area contributed by atoms with Crippen LogP contribution in [0.4, 0.5) is 0 Å². The molecule has 0 rings (SSSR count).